The van der Waals surface area contributed by atoms with Gasteiger partial charge in [0.25, 0.3) is 0 Å². The van der Waals surface area contributed by atoms with E-state index >= 15 is 0 Å². The van der Waals surface area contributed by atoms with Crippen LogP contribution >= 0.6 is 23.2 Å². The van der Waals surface area contributed by atoms with Gasteiger partial charge in [-0.3, -0.25) is 4.40 Å². The van der Waals surface area contributed by atoms with Gasteiger partial charge in [-0.1, -0.05) is 47.5 Å². The van der Waals surface area contributed by atoms with Crippen molar-refractivity contribution in [2.45, 2.75) is 6.92 Å². The standard InChI is InChI=1S/C22H16Cl2N4/c1-13-17(24)6-4-8-18(13)26-22-21(27-20-10-9-14(23)12-28(20)22)16-11-25-19-7-3-2-5-15(16)19/h2-12,25-26H,1H3. The lowest BCUT2D eigenvalue weighted by Crippen LogP contribution is -1.99. The van der Waals surface area contributed by atoms with Gasteiger partial charge in [0.15, 0.2) is 0 Å². The van der Waals surface area contributed by atoms with Crippen molar-refractivity contribution in [2.75, 3.05) is 5.32 Å². The lowest BCUT2D eigenvalue weighted by molar-refractivity contribution is 1.18. The Bertz CT molecular complexity index is 1330. The summed E-state index contributed by atoms with van der Waals surface area (Å²) in [7, 11) is 0. The Morgan fingerprint density at radius 2 is 1.86 bits per heavy atom. The number of aromatic amines is 1. The molecule has 3 aromatic heterocycles. The van der Waals surface area contributed by atoms with Crippen LogP contribution in [0.5, 0.6) is 0 Å². The van der Waals surface area contributed by atoms with E-state index in [1.807, 2.05) is 66.2 Å². The largest absolute Gasteiger partial charge is 0.360 e. The summed E-state index contributed by atoms with van der Waals surface area (Å²) < 4.78 is 1.97. The Hall–Kier alpha value is -2.95. The molecule has 28 heavy (non-hydrogen) atoms. The molecule has 2 aromatic carbocycles. The first-order valence-corrected chi connectivity index (χ1v) is 9.63. The van der Waals surface area contributed by atoms with E-state index in [0.29, 0.717) is 10.0 Å². The molecule has 0 radical (unpaired) electrons. The van der Waals surface area contributed by atoms with Gasteiger partial charge in [-0.25, -0.2) is 4.98 Å². The molecule has 0 atom stereocenters. The van der Waals surface area contributed by atoms with Gasteiger partial charge in [-0.2, -0.15) is 0 Å². The van der Waals surface area contributed by atoms with Gasteiger partial charge >= 0.3 is 0 Å². The summed E-state index contributed by atoms with van der Waals surface area (Å²) in [5, 5.41) is 6.00. The van der Waals surface area contributed by atoms with E-state index in [1.54, 1.807) is 0 Å². The molecule has 0 aliphatic heterocycles. The number of pyridine rings is 1. The van der Waals surface area contributed by atoms with Crippen LogP contribution in [0.2, 0.25) is 10.0 Å². The van der Waals surface area contributed by atoms with Gasteiger partial charge in [0.1, 0.15) is 17.2 Å². The minimum absolute atomic E-state index is 0.640. The fourth-order valence-corrected chi connectivity index (χ4v) is 3.80. The topological polar surface area (TPSA) is 45.1 Å². The Morgan fingerprint density at radius 3 is 2.75 bits per heavy atom. The molecule has 0 saturated carbocycles. The molecule has 0 saturated heterocycles. The maximum atomic E-state index is 6.33. The number of H-pyrrole nitrogens is 1. The third kappa shape index (κ3) is 2.73. The number of rotatable bonds is 3. The molecule has 138 valence electrons. The Labute approximate surface area is 171 Å². The van der Waals surface area contributed by atoms with E-state index in [4.69, 9.17) is 28.2 Å². The number of halogens is 2. The molecule has 5 aromatic rings. The molecule has 0 unspecified atom stereocenters. The molecule has 0 aliphatic rings. The van der Waals surface area contributed by atoms with Crippen LogP contribution in [0.25, 0.3) is 27.8 Å². The highest BCUT2D eigenvalue weighted by atomic mass is 35.5. The van der Waals surface area contributed by atoms with Crippen LogP contribution in [-0.4, -0.2) is 14.4 Å². The number of hydrogen-bond donors (Lipinski definition) is 2. The average Bonchev–Trinajstić information content (AvgIpc) is 3.27. The zero-order valence-corrected chi connectivity index (χ0v) is 16.5. The van der Waals surface area contributed by atoms with Crippen molar-refractivity contribution in [1.29, 1.82) is 0 Å². The number of nitrogens with one attached hydrogen (secondary N) is 2. The lowest BCUT2D eigenvalue weighted by atomic mass is 10.1. The number of anilines is 2. The van der Waals surface area contributed by atoms with Crippen LogP contribution in [0, 0.1) is 6.92 Å². The number of benzene rings is 2. The van der Waals surface area contributed by atoms with Gasteiger partial charge in [-0.15, -0.1) is 0 Å². The molecule has 0 bridgehead atoms. The lowest BCUT2D eigenvalue weighted by Gasteiger charge is -2.12. The molecule has 0 fully saturated rings. The maximum absolute atomic E-state index is 6.33. The molecule has 6 heteroatoms. The van der Waals surface area contributed by atoms with Crippen LogP contribution in [0.3, 0.4) is 0 Å². The van der Waals surface area contributed by atoms with Gasteiger partial charge in [-0.05, 0) is 42.8 Å². The van der Waals surface area contributed by atoms with Gasteiger partial charge in [0, 0.05) is 39.6 Å². The predicted octanol–water partition coefficient (Wildman–Crippen LogP) is 6.84. The summed E-state index contributed by atoms with van der Waals surface area (Å²) >= 11 is 12.6. The van der Waals surface area contributed by atoms with E-state index in [0.717, 1.165) is 44.9 Å². The minimum atomic E-state index is 0.640. The van der Waals surface area contributed by atoms with Crippen molar-refractivity contribution >= 4 is 51.3 Å². The third-order valence-corrected chi connectivity index (χ3v) is 5.58. The number of fused-ring (bicyclic) bond motifs is 2. The fourth-order valence-electron chi connectivity index (χ4n) is 3.46. The highest BCUT2D eigenvalue weighted by Gasteiger charge is 2.18. The predicted molar refractivity (Wildman–Crippen MR) is 117 cm³/mol. The Balaban J connectivity index is 1.77. The van der Waals surface area contributed by atoms with Crippen LogP contribution < -0.4 is 5.32 Å². The Kier molecular flexibility index (Phi) is 4.04. The zero-order valence-electron chi connectivity index (χ0n) is 15.0. The molecule has 0 amide bonds. The first kappa shape index (κ1) is 17.2. The number of hydrogen-bond acceptors (Lipinski definition) is 2. The maximum Gasteiger partial charge on any atom is 0.143 e. The summed E-state index contributed by atoms with van der Waals surface area (Å²) in [6.45, 7) is 1.99. The van der Waals surface area contributed by atoms with Crippen molar-refractivity contribution in [3.63, 3.8) is 0 Å². The molecular weight excluding hydrogens is 391 g/mol. The molecule has 0 spiro atoms. The molecule has 3 heterocycles. The summed E-state index contributed by atoms with van der Waals surface area (Å²) in [5.41, 5.74) is 5.66. The smallest absolute Gasteiger partial charge is 0.143 e. The number of para-hydroxylation sites is 1. The first-order chi connectivity index (χ1) is 13.6. The summed E-state index contributed by atoms with van der Waals surface area (Å²) in [4.78, 5) is 8.21. The number of nitrogens with zero attached hydrogens (tertiary/aromatic N) is 2. The van der Waals surface area contributed by atoms with Crippen LogP contribution in [0.4, 0.5) is 11.5 Å². The van der Waals surface area contributed by atoms with E-state index in [1.165, 1.54) is 0 Å². The van der Waals surface area contributed by atoms with Crippen LogP contribution in [-0.2, 0) is 0 Å². The normalized spacial score (nSPS) is 11.4. The van der Waals surface area contributed by atoms with Crippen molar-refractivity contribution in [3.8, 4) is 11.3 Å². The Morgan fingerprint density at radius 1 is 1.00 bits per heavy atom. The number of aromatic nitrogens is 3. The monoisotopic (exact) mass is 406 g/mol. The van der Waals surface area contributed by atoms with Crippen LogP contribution in [0.1, 0.15) is 5.56 Å². The highest BCUT2D eigenvalue weighted by Crippen LogP contribution is 2.37. The second-order valence-corrected chi connectivity index (χ2v) is 7.51. The number of imidazole rings is 1. The van der Waals surface area contributed by atoms with Crippen molar-refractivity contribution in [1.82, 2.24) is 14.4 Å². The molecular formula is C22H16Cl2N4. The molecule has 4 nitrogen and oxygen atoms in total. The first-order valence-electron chi connectivity index (χ1n) is 8.88. The summed E-state index contributed by atoms with van der Waals surface area (Å²) in [6, 6.07) is 17.8. The second-order valence-electron chi connectivity index (χ2n) is 6.67. The van der Waals surface area contributed by atoms with Crippen molar-refractivity contribution in [3.05, 3.63) is 82.6 Å². The molecule has 0 aliphatic carbocycles. The van der Waals surface area contributed by atoms with Crippen molar-refractivity contribution in [2.24, 2.45) is 0 Å². The molecule has 5 rings (SSSR count). The van der Waals surface area contributed by atoms with E-state index < -0.39 is 0 Å². The summed E-state index contributed by atoms with van der Waals surface area (Å²) in [6.07, 6.45) is 3.86. The fraction of sp³-hybridized carbons (Fsp3) is 0.0455. The average molecular weight is 407 g/mol. The van der Waals surface area contributed by atoms with E-state index in [9.17, 15) is 0 Å². The van der Waals surface area contributed by atoms with Gasteiger partial charge < -0.3 is 10.3 Å². The van der Waals surface area contributed by atoms with Gasteiger partial charge in [0.2, 0.25) is 0 Å². The van der Waals surface area contributed by atoms with E-state index in [2.05, 4.69) is 22.4 Å². The molecule has 2 N–H and O–H groups in total. The zero-order chi connectivity index (χ0) is 19.3. The second kappa shape index (κ2) is 6.59. The minimum Gasteiger partial charge on any atom is -0.360 e. The van der Waals surface area contributed by atoms with Crippen molar-refractivity contribution < 1.29 is 0 Å². The quantitative estimate of drug-likeness (QED) is 0.344. The van der Waals surface area contributed by atoms with Crippen LogP contribution in [0.15, 0.2) is 67.0 Å². The third-order valence-electron chi connectivity index (χ3n) is 4.95. The SMILES string of the molecule is Cc1c(Cl)cccc1Nc1c(-c2c[nH]c3ccccc23)nc2ccc(Cl)cn12. The highest BCUT2D eigenvalue weighted by molar-refractivity contribution is 6.31. The summed E-state index contributed by atoms with van der Waals surface area (Å²) in [5.74, 6) is 0.840. The van der Waals surface area contributed by atoms with E-state index in [-0.39, 0.29) is 0 Å². The van der Waals surface area contributed by atoms with Gasteiger partial charge in [0.05, 0.1) is 5.02 Å².